The number of benzene rings is 1. The molecule has 0 amide bonds. The lowest BCUT2D eigenvalue weighted by Gasteiger charge is -2.33. The van der Waals surface area contributed by atoms with Gasteiger partial charge in [0.1, 0.15) is 5.82 Å². The lowest BCUT2D eigenvalue weighted by molar-refractivity contribution is 0.170. The molecule has 4 nitrogen and oxygen atoms in total. The summed E-state index contributed by atoms with van der Waals surface area (Å²) < 4.78 is 2.11. The first-order valence-electron chi connectivity index (χ1n) is 6.51. The lowest BCUT2D eigenvalue weighted by atomic mass is 10.0. The van der Waals surface area contributed by atoms with E-state index >= 15 is 0 Å². The Labute approximate surface area is 124 Å². The second-order valence-electron chi connectivity index (χ2n) is 5.77. The highest BCUT2D eigenvalue weighted by Gasteiger charge is 2.24. The summed E-state index contributed by atoms with van der Waals surface area (Å²) in [5.74, 6) is 1.20. The lowest BCUT2D eigenvalue weighted by Crippen LogP contribution is -2.42. The number of hydrogen-bond donors (Lipinski definition) is 0. The van der Waals surface area contributed by atoms with Crippen molar-refractivity contribution in [2.24, 2.45) is 0 Å². The van der Waals surface area contributed by atoms with Crippen LogP contribution in [0.1, 0.15) is 25.2 Å². The van der Waals surface area contributed by atoms with E-state index in [1.54, 1.807) is 6.07 Å². The second kappa shape index (κ2) is 5.43. The van der Waals surface area contributed by atoms with Crippen LogP contribution >= 0.6 is 11.6 Å². The summed E-state index contributed by atoms with van der Waals surface area (Å²) in [5, 5.41) is 9.06. The Morgan fingerprint density at radius 2 is 2.10 bits per heavy atom. The molecule has 2 aromatic rings. The highest BCUT2D eigenvalue weighted by atomic mass is 35.5. The number of halogens is 1. The second-order valence-corrected chi connectivity index (χ2v) is 6.04. The van der Waals surface area contributed by atoms with Gasteiger partial charge in [0, 0.05) is 12.1 Å². The van der Waals surface area contributed by atoms with Gasteiger partial charge in [-0.25, -0.2) is 4.98 Å². The minimum absolute atomic E-state index is 0.0307. The third kappa shape index (κ3) is 2.65. The molecule has 0 N–H and O–H groups in total. The quantitative estimate of drug-likeness (QED) is 0.813. The molecule has 1 aromatic heterocycles. The van der Waals surface area contributed by atoms with Gasteiger partial charge in [-0.2, -0.15) is 5.26 Å². The number of imidazole rings is 1. The molecule has 0 spiro atoms. The average Bonchev–Trinajstić information content (AvgIpc) is 2.75. The average molecular weight is 291 g/mol. The van der Waals surface area contributed by atoms with E-state index in [9.17, 15) is 0 Å². The molecule has 1 aromatic carbocycles. The van der Waals surface area contributed by atoms with Crippen LogP contribution in [-0.2, 0) is 12.4 Å². The van der Waals surface area contributed by atoms with Crippen molar-refractivity contribution in [1.29, 1.82) is 5.26 Å². The number of alkyl halides is 1. The Balaban J connectivity index is 2.58. The fraction of sp³-hybridized carbons (Fsp3) is 0.467. The molecule has 1 heterocycles. The van der Waals surface area contributed by atoms with Crippen molar-refractivity contribution in [2.45, 2.75) is 31.8 Å². The van der Waals surface area contributed by atoms with Crippen LogP contribution in [0.4, 0.5) is 0 Å². The van der Waals surface area contributed by atoms with E-state index in [1.165, 1.54) is 0 Å². The first-order valence-corrected chi connectivity index (χ1v) is 7.05. The number of rotatable bonds is 4. The number of hydrogen-bond acceptors (Lipinski definition) is 3. The minimum Gasteiger partial charge on any atom is -0.325 e. The Hall–Kier alpha value is -1.57. The Morgan fingerprint density at radius 1 is 1.40 bits per heavy atom. The SMILES string of the molecule is CN(C)C(C)(C)Cn1c(CCl)nc2ccc(C#N)cc21. The van der Waals surface area contributed by atoms with Crippen molar-refractivity contribution >= 4 is 22.6 Å². The fourth-order valence-corrected chi connectivity index (χ4v) is 2.25. The van der Waals surface area contributed by atoms with Gasteiger partial charge in [0.05, 0.1) is 28.5 Å². The normalized spacial score (nSPS) is 12.1. The van der Waals surface area contributed by atoms with Crippen LogP contribution in [0.5, 0.6) is 0 Å². The minimum atomic E-state index is -0.0307. The van der Waals surface area contributed by atoms with Crippen LogP contribution in [0, 0.1) is 11.3 Å². The molecule has 0 fully saturated rings. The van der Waals surface area contributed by atoms with Crippen molar-refractivity contribution in [3.63, 3.8) is 0 Å². The molecular weight excluding hydrogens is 272 g/mol. The maximum Gasteiger partial charge on any atom is 0.124 e. The van der Waals surface area contributed by atoms with E-state index in [0.29, 0.717) is 11.4 Å². The summed E-state index contributed by atoms with van der Waals surface area (Å²) in [7, 11) is 4.11. The van der Waals surface area contributed by atoms with E-state index in [1.807, 2.05) is 12.1 Å². The van der Waals surface area contributed by atoms with Crippen LogP contribution in [0.25, 0.3) is 11.0 Å². The highest BCUT2D eigenvalue weighted by molar-refractivity contribution is 6.16. The number of nitrogens with zero attached hydrogens (tertiary/aromatic N) is 4. The van der Waals surface area contributed by atoms with Crippen LogP contribution in [0.2, 0.25) is 0 Å². The van der Waals surface area contributed by atoms with Gasteiger partial charge in [-0.15, -0.1) is 11.6 Å². The summed E-state index contributed by atoms with van der Waals surface area (Å²) in [6.07, 6.45) is 0. The Bertz CT molecular complexity index is 664. The molecule has 0 saturated carbocycles. The standard InChI is InChI=1S/C15H19ClN4/c1-15(2,19(3)4)10-20-13-7-11(9-17)5-6-12(13)18-14(20)8-16/h5-7H,8,10H2,1-4H3. The maximum atomic E-state index is 9.06. The first-order chi connectivity index (χ1) is 9.39. The maximum absolute atomic E-state index is 9.06. The molecule has 0 aliphatic rings. The van der Waals surface area contributed by atoms with Crippen molar-refractivity contribution in [3.05, 3.63) is 29.6 Å². The molecule has 0 saturated heterocycles. The largest absolute Gasteiger partial charge is 0.325 e. The predicted octanol–water partition coefficient (Wildman–Crippen LogP) is 2.99. The molecule has 0 radical (unpaired) electrons. The number of aromatic nitrogens is 2. The summed E-state index contributed by atoms with van der Waals surface area (Å²) >= 11 is 6.02. The van der Waals surface area contributed by atoms with Crippen LogP contribution in [-0.4, -0.2) is 34.1 Å². The first kappa shape index (κ1) is 14.8. The van der Waals surface area contributed by atoms with Crippen molar-refractivity contribution in [3.8, 4) is 6.07 Å². The van der Waals surface area contributed by atoms with Gasteiger partial charge in [0.2, 0.25) is 0 Å². The molecule has 0 atom stereocenters. The van der Waals surface area contributed by atoms with E-state index < -0.39 is 0 Å². The van der Waals surface area contributed by atoms with Crippen molar-refractivity contribution in [1.82, 2.24) is 14.5 Å². The number of nitriles is 1. The molecule has 0 aliphatic heterocycles. The smallest absolute Gasteiger partial charge is 0.124 e. The van der Waals surface area contributed by atoms with E-state index in [2.05, 4.69) is 48.5 Å². The zero-order valence-corrected chi connectivity index (χ0v) is 13.1. The van der Waals surface area contributed by atoms with Gasteiger partial charge < -0.3 is 9.47 Å². The summed E-state index contributed by atoms with van der Waals surface area (Å²) in [6.45, 7) is 5.11. The monoisotopic (exact) mass is 290 g/mol. The molecule has 20 heavy (non-hydrogen) atoms. The molecular formula is C15H19ClN4. The summed E-state index contributed by atoms with van der Waals surface area (Å²) in [4.78, 5) is 6.72. The molecule has 5 heteroatoms. The zero-order chi connectivity index (χ0) is 14.9. The molecule has 106 valence electrons. The van der Waals surface area contributed by atoms with Crippen molar-refractivity contribution < 1.29 is 0 Å². The molecule has 0 bridgehead atoms. The van der Waals surface area contributed by atoms with Gasteiger partial charge in [0.25, 0.3) is 0 Å². The molecule has 2 rings (SSSR count). The van der Waals surface area contributed by atoms with Crippen LogP contribution < -0.4 is 0 Å². The van der Waals surface area contributed by atoms with E-state index in [0.717, 1.165) is 23.4 Å². The van der Waals surface area contributed by atoms with Gasteiger partial charge in [-0.05, 0) is 46.1 Å². The van der Waals surface area contributed by atoms with Crippen molar-refractivity contribution in [2.75, 3.05) is 14.1 Å². The summed E-state index contributed by atoms with van der Waals surface area (Å²) in [6, 6.07) is 7.72. The third-order valence-electron chi connectivity index (χ3n) is 3.83. The van der Waals surface area contributed by atoms with Gasteiger partial charge in [-0.3, -0.25) is 0 Å². The number of likely N-dealkylation sites (N-methyl/N-ethyl adjacent to an activating group) is 1. The Morgan fingerprint density at radius 3 is 2.65 bits per heavy atom. The van der Waals surface area contributed by atoms with Gasteiger partial charge in [0.15, 0.2) is 0 Å². The fourth-order valence-electron chi connectivity index (χ4n) is 2.05. The van der Waals surface area contributed by atoms with Crippen LogP contribution in [0.3, 0.4) is 0 Å². The molecule has 0 unspecified atom stereocenters. The Kier molecular flexibility index (Phi) is 4.03. The predicted molar refractivity (Wildman–Crippen MR) is 81.8 cm³/mol. The van der Waals surface area contributed by atoms with Gasteiger partial charge >= 0.3 is 0 Å². The topological polar surface area (TPSA) is 44.9 Å². The third-order valence-corrected chi connectivity index (χ3v) is 4.07. The number of fused-ring (bicyclic) bond motifs is 1. The van der Waals surface area contributed by atoms with E-state index in [-0.39, 0.29) is 5.54 Å². The van der Waals surface area contributed by atoms with E-state index in [4.69, 9.17) is 16.9 Å². The van der Waals surface area contributed by atoms with Gasteiger partial charge in [-0.1, -0.05) is 0 Å². The molecule has 0 aliphatic carbocycles. The zero-order valence-electron chi connectivity index (χ0n) is 12.3. The highest BCUT2D eigenvalue weighted by Crippen LogP contribution is 2.23. The van der Waals surface area contributed by atoms with Crippen LogP contribution in [0.15, 0.2) is 18.2 Å². The summed E-state index contributed by atoms with van der Waals surface area (Å²) in [5.41, 5.74) is 2.46.